The van der Waals surface area contributed by atoms with Crippen molar-refractivity contribution in [1.29, 1.82) is 0 Å². The summed E-state index contributed by atoms with van der Waals surface area (Å²) in [5.74, 6) is 1.47. The molecule has 3 atom stereocenters. The molecule has 0 aliphatic heterocycles. The third-order valence-electron chi connectivity index (χ3n) is 4.40. The lowest BCUT2D eigenvalue weighted by molar-refractivity contribution is 0.0970. The lowest BCUT2D eigenvalue weighted by Gasteiger charge is -2.31. The molecule has 1 aromatic carbocycles. The topological polar surface area (TPSA) is 21.3 Å². The van der Waals surface area contributed by atoms with Crippen molar-refractivity contribution in [2.75, 3.05) is 6.54 Å². The highest BCUT2D eigenvalue weighted by Gasteiger charge is 2.26. The molecule has 2 nitrogen and oxygen atoms in total. The van der Waals surface area contributed by atoms with Crippen molar-refractivity contribution in [1.82, 2.24) is 5.32 Å². The highest BCUT2D eigenvalue weighted by atomic mass is 19.1. The fraction of sp³-hybridized carbons (Fsp3) is 0.667. The summed E-state index contributed by atoms with van der Waals surface area (Å²) in [6.45, 7) is 9.48. The van der Waals surface area contributed by atoms with E-state index in [0.717, 1.165) is 24.9 Å². The monoisotopic (exact) mass is 293 g/mol. The van der Waals surface area contributed by atoms with E-state index in [1.54, 1.807) is 12.1 Å². The number of halogens is 1. The molecule has 118 valence electrons. The average molecular weight is 293 g/mol. The summed E-state index contributed by atoms with van der Waals surface area (Å²) in [6, 6.07) is 5.50. The Balaban J connectivity index is 2.03. The number of nitrogens with one attached hydrogen (secondary N) is 1. The molecule has 1 fully saturated rings. The Bertz CT molecular complexity index is 453. The van der Waals surface area contributed by atoms with Crippen LogP contribution in [0.15, 0.2) is 18.2 Å². The highest BCUT2D eigenvalue weighted by molar-refractivity contribution is 5.31. The first-order valence-corrected chi connectivity index (χ1v) is 8.19. The zero-order chi connectivity index (χ0) is 15.4. The predicted octanol–water partition coefficient (Wildman–Crippen LogP) is 4.70. The zero-order valence-electron chi connectivity index (χ0n) is 13.7. The summed E-state index contributed by atoms with van der Waals surface area (Å²) >= 11 is 0. The molecule has 3 heteroatoms. The van der Waals surface area contributed by atoms with Crippen molar-refractivity contribution in [3.8, 4) is 5.75 Å². The van der Waals surface area contributed by atoms with Gasteiger partial charge in [-0.2, -0.15) is 0 Å². The van der Waals surface area contributed by atoms with Gasteiger partial charge in [-0.05, 0) is 62.3 Å². The molecular formula is C18H28FNO. The molecule has 1 N–H and O–H groups in total. The molecule has 1 saturated carbocycles. The third kappa shape index (κ3) is 4.44. The Labute approximate surface area is 128 Å². The Kier molecular flexibility index (Phi) is 5.63. The van der Waals surface area contributed by atoms with Gasteiger partial charge in [-0.15, -0.1) is 0 Å². The second-order valence-electron chi connectivity index (χ2n) is 6.63. The summed E-state index contributed by atoms with van der Waals surface area (Å²) in [6.07, 6.45) is 3.45. The van der Waals surface area contributed by atoms with Crippen LogP contribution in [0.3, 0.4) is 0 Å². The largest absolute Gasteiger partial charge is 0.487 e. The summed E-state index contributed by atoms with van der Waals surface area (Å²) < 4.78 is 20.2. The molecule has 0 aromatic heterocycles. The van der Waals surface area contributed by atoms with E-state index in [9.17, 15) is 4.39 Å². The van der Waals surface area contributed by atoms with Crippen LogP contribution < -0.4 is 10.1 Å². The van der Waals surface area contributed by atoms with E-state index in [0.29, 0.717) is 17.6 Å². The first kappa shape index (κ1) is 16.3. The van der Waals surface area contributed by atoms with Crippen molar-refractivity contribution in [2.45, 2.75) is 59.1 Å². The molecular weight excluding hydrogens is 265 g/mol. The summed E-state index contributed by atoms with van der Waals surface area (Å²) in [4.78, 5) is 0. The summed E-state index contributed by atoms with van der Waals surface area (Å²) in [5, 5.41) is 3.29. The van der Waals surface area contributed by atoms with Gasteiger partial charge in [0.15, 0.2) is 11.6 Å². The van der Waals surface area contributed by atoms with Crippen molar-refractivity contribution >= 4 is 0 Å². The maximum Gasteiger partial charge on any atom is 0.165 e. The van der Waals surface area contributed by atoms with Crippen LogP contribution in [-0.2, 0) is 0 Å². The summed E-state index contributed by atoms with van der Waals surface area (Å²) in [7, 11) is 0. The van der Waals surface area contributed by atoms with E-state index in [4.69, 9.17) is 4.74 Å². The van der Waals surface area contributed by atoms with Gasteiger partial charge in [-0.1, -0.05) is 26.8 Å². The predicted molar refractivity (Wildman–Crippen MR) is 85.1 cm³/mol. The molecule has 1 aromatic rings. The fourth-order valence-corrected chi connectivity index (χ4v) is 3.45. The van der Waals surface area contributed by atoms with Gasteiger partial charge in [0.05, 0.1) is 6.10 Å². The van der Waals surface area contributed by atoms with Crippen LogP contribution in [-0.4, -0.2) is 12.6 Å². The van der Waals surface area contributed by atoms with Gasteiger partial charge < -0.3 is 10.1 Å². The lowest BCUT2D eigenvalue weighted by atomic mass is 9.82. The van der Waals surface area contributed by atoms with Crippen molar-refractivity contribution in [2.24, 2.45) is 11.8 Å². The molecule has 1 aliphatic carbocycles. The first-order valence-electron chi connectivity index (χ1n) is 8.19. The molecule has 0 saturated heterocycles. The number of hydrogen-bond donors (Lipinski definition) is 1. The van der Waals surface area contributed by atoms with Gasteiger partial charge in [0.2, 0.25) is 0 Å². The molecule has 0 heterocycles. The lowest BCUT2D eigenvalue weighted by Crippen LogP contribution is -2.28. The Morgan fingerprint density at radius 3 is 2.48 bits per heavy atom. The van der Waals surface area contributed by atoms with Gasteiger partial charge in [0.25, 0.3) is 0 Å². The highest BCUT2D eigenvalue weighted by Crippen LogP contribution is 2.32. The minimum absolute atomic E-state index is 0.148. The minimum Gasteiger partial charge on any atom is -0.487 e. The van der Waals surface area contributed by atoms with Crippen LogP contribution in [0, 0.1) is 17.7 Å². The molecule has 21 heavy (non-hydrogen) atoms. The van der Waals surface area contributed by atoms with Gasteiger partial charge in [0, 0.05) is 6.04 Å². The SMILES string of the molecule is CCNC(C)c1ccc(OC2CC(C)CC(C)C2)c(F)c1. The first-order chi connectivity index (χ1) is 9.99. The van der Waals surface area contributed by atoms with Crippen molar-refractivity contribution < 1.29 is 9.13 Å². The molecule has 0 amide bonds. The number of benzene rings is 1. The smallest absolute Gasteiger partial charge is 0.165 e. The maximum absolute atomic E-state index is 14.2. The normalized spacial score (nSPS) is 27.4. The molecule has 2 rings (SSSR count). The van der Waals surface area contributed by atoms with E-state index in [1.807, 2.05) is 13.0 Å². The fourth-order valence-electron chi connectivity index (χ4n) is 3.45. The third-order valence-corrected chi connectivity index (χ3v) is 4.40. The maximum atomic E-state index is 14.2. The van der Waals surface area contributed by atoms with E-state index < -0.39 is 0 Å². The van der Waals surface area contributed by atoms with Gasteiger partial charge in [-0.3, -0.25) is 0 Å². The van der Waals surface area contributed by atoms with Crippen molar-refractivity contribution in [3.05, 3.63) is 29.6 Å². The van der Waals surface area contributed by atoms with Crippen molar-refractivity contribution in [3.63, 3.8) is 0 Å². The minimum atomic E-state index is -0.247. The van der Waals surface area contributed by atoms with Gasteiger partial charge >= 0.3 is 0 Å². The van der Waals surface area contributed by atoms with Crippen LogP contribution in [0.5, 0.6) is 5.75 Å². The quantitative estimate of drug-likeness (QED) is 0.849. The summed E-state index contributed by atoms with van der Waals surface area (Å²) in [5.41, 5.74) is 0.965. The van der Waals surface area contributed by atoms with Crippen LogP contribution in [0.4, 0.5) is 4.39 Å². The molecule has 3 unspecified atom stereocenters. The van der Waals surface area contributed by atoms with Crippen LogP contribution in [0.2, 0.25) is 0 Å². The van der Waals surface area contributed by atoms with Crippen LogP contribution >= 0.6 is 0 Å². The van der Waals surface area contributed by atoms with E-state index in [1.165, 1.54) is 6.42 Å². The van der Waals surface area contributed by atoms with Gasteiger partial charge in [0.1, 0.15) is 0 Å². The molecule has 0 radical (unpaired) electrons. The number of rotatable bonds is 5. The molecule has 0 spiro atoms. The van der Waals surface area contributed by atoms with Crippen LogP contribution in [0.1, 0.15) is 58.6 Å². The molecule has 0 bridgehead atoms. The second-order valence-corrected chi connectivity index (χ2v) is 6.63. The van der Waals surface area contributed by atoms with Gasteiger partial charge in [-0.25, -0.2) is 4.39 Å². The van der Waals surface area contributed by atoms with E-state index in [2.05, 4.69) is 26.1 Å². The Hall–Kier alpha value is -1.09. The van der Waals surface area contributed by atoms with E-state index >= 15 is 0 Å². The number of ether oxygens (including phenoxy) is 1. The standard InChI is InChI=1S/C18H28FNO/c1-5-20-14(4)15-6-7-18(17(19)11-15)21-16-9-12(2)8-13(3)10-16/h6-7,11-14,16,20H,5,8-10H2,1-4H3. The van der Waals surface area contributed by atoms with Crippen LogP contribution in [0.25, 0.3) is 0 Å². The zero-order valence-corrected chi connectivity index (χ0v) is 13.7. The Morgan fingerprint density at radius 2 is 1.90 bits per heavy atom. The molecule has 1 aliphatic rings. The van der Waals surface area contributed by atoms with E-state index in [-0.39, 0.29) is 18.0 Å². The second kappa shape index (κ2) is 7.26. The Morgan fingerprint density at radius 1 is 1.24 bits per heavy atom. The average Bonchev–Trinajstić information content (AvgIpc) is 2.40. The number of hydrogen-bond acceptors (Lipinski definition) is 2.